The molecule has 0 saturated carbocycles. The molecule has 0 bridgehead atoms. The highest BCUT2D eigenvalue weighted by Gasteiger charge is 2.26. The zero-order valence-electron chi connectivity index (χ0n) is 34.0. The van der Waals surface area contributed by atoms with Gasteiger partial charge in [-0.15, -0.1) is 11.8 Å². The van der Waals surface area contributed by atoms with Crippen molar-refractivity contribution >= 4 is 46.1 Å². The number of anilines is 1. The highest BCUT2D eigenvalue weighted by atomic mass is 32.2. The van der Waals surface area contributed by atoms with Crippen LogP contribution < -0.4 is 16.0 Å². The fourth-order valence-corrected chi connectivity index (χ4v) is 9.91. The first-order valence-electron chi connectivity index (χ1n) is 21.0. The molecule has 0 radical (unpaired) electrons. The second-order valence-electron chi connectivity index (χ2n) is 15.6. The van der Waals surface area contributed by atoms with E-state index in [9.17, 15) is 0 Å². The third-order valence-electron chi connectivity index (χ3n) is 12.0. The molecule has 1 aromatic heterocycles. The Balaban J connectivity index is 1.07. The number of allylic oxidation sites excluding steroid dienone is 8. The molecule has 0 amide bonds. The molecule has 0 saturated heterocycles. The minimum absolute atomic E-state index is 0.0670. The fourth-order valence-electron chi connectivity index (χ4n) is 9.10. The van der Waals surface area contributed by atoms with Crippen LogP contribution in [0.15, 0.2) is 169 Å². The SMILES string of the molecule is C=Cc1c(-n2c3c(c4ccccc42)CC(c2ccc(C(NC)NCc4ccccc4)cc2)C=C3)ccc(-c2cccc(NC3=CCCC=C3)c2C2=CCCC=C2)c1SC. The van der Waals surface area contributed by atoms with Crippen molar-refractivity contribution in [1.82, 2.24) is 15.2 Å². The predicted molar refractivity (Wildman–Crippen MR) is 254 cm³/mol. The van der Waals surface area contributed by atoms with E-state index >= 15 is 0 Å². The first-order chi connectivity index (χ1) is 29.1. The van der Waals surface area contributed by atoms with Crippen molar-refractivity contribution < 1.29 is 0 Å². The van der Waals surface area contributed by atoms with Gasteiger partial charge >= 0.3 is 0 Å². The van der Waals surface area contributed by atoms with Gasteiger partial charge in [-0.25, -0.2) is 0 Å². The number of hydrogen-bond donors (Lipinski definition) is 3. The molecule has 3 N–H and O–H groups in total. The molecule has 5 heteroatoms. The van der Waals surface area contributed by atoms with Gasteiger partial charge in [0.05, 0.1) is 17.4 Å². The summed E-state index contributed by atoms with van der Waals surface area (Å²) in [5, 5.41) is 12.2. The first kappa shape index (κ1) is 38.7. The van der Waals surface area contributed by atoms with Crippen molar-refractivity contribution in [2.24, 2.45) is 0 Å². The predicted octanol–water partition coefficient (Wildman–Crippen LogP) is 13.4. The third kappa shape index (κ3) is 7.74. The number of fused-ring (bicyclic) bond motifs is 3. The van der Waals surface area contributed by atoms with Crippen LogP contribution in [0.25, 0.3) is 45.4 Å². The molecule has 294 valence electrons. The second-order valence-corrected chi connectivity index (χ2v) is 16.4. The Morgan fingerprint density at radius 3 is 2.34 bits per heavy atom. The Morgan fingerprint density at radius 1 is 0.797 bits per heavy atom. The standard InChI is InChI=1S/C54H52N4S/c1-4-43-50(34-32-46(53(43)59-3)45-24-16-25-48(57-42-21-12-7-13-22-42)52(45)39-19-10-6-11-20-39)58-49-26-15-14-23-44(49)47-35-41(31-33-51(47)58)38-27-29-40(30-28-38)54(55-2)56-36-37-17-8-5-9-18-37/h4-5,8-10,12,14-34,41,54-57H,1,6-7,11,13,35-36H2,2-3H3. The van der Waals surface area contributed by atoms with Crippen LogP contribution in [-0.2, 0) is 13.0 Å². The zero-order valence-corrected chi connectivity index (χ0v) is 34.9. The molecule has 0 aliphatic heterocycles. The van der Waals surface area contributed by atoms with Gasteiger partial charge in [-0.2, -0.15) is 0 Å². The van der Waals surface area contributed by atoms with Crippen molar-refractivity contribution in [2.45, 2.75) is 55.6 Å². The molecular formula is C54H52N4S. The summed E-state index contributed by atoms with van der Waals surface area (Å²) >= 11 is 1.80. The lowest BCUT2D eigenvalue weighted by molar-refractivity contribution is 0.473. The normalized spacial score (nSPS) is 16.4. The highest BCUT2D eigenvalue weighted by Crippen LogP contribution is 2.46. The lowest BCUT2D eigenvalue weighted by Gasteiger charge is -2.24. The smallest absolute Gasteiger partial charge is 0.0835 e. The molecule has 2 atom stereocenters. The molecule has 59 heavy (non-hydrogen) atoms. The highest BCUT2D eigenvalue weighted by molar-refractivity contribution is 7.98. The van der Waals surface area contributed by atoms with E-state index in [0.717, 1.165) is 61.3 Å². The van der Waals surface area contributed by atoms with Gasteiger partial charge in [0.1, 0.15) is 0 Å². The number of aromatic nitrogens is 1. The van der Waals surface area contributed by atoms with E-state index in [4.69, 9.17) is 0 Å². The summed E-state index contributed by atoms with van der Waals surface area (Å²) in [6, 6.07) is 40.0. The summed E-state index contributed by atoms with van der Waals surface area (Å²) in [5.74, 6) is 0.284. The maximum absolute atomic E-state index is 4.44. The van der Waals surface area contributed by atoms with E-state index in [2.05, 4.69) is 197 Å². The van der Waals surface area contributed by atoms with E-state index < -0.39 is 0 Å². The Labute approximate surface area is 353 Å². The average Bonchev–Trinajstić information content (AvgIpc) is 3.63. The van der Waals surface area contributed by atoms with Crippen LogP contribution in [0, 0.1) is 0 Å². The average molecular weight is 789 g/mol. The molecule has 3 aliphatic carbocycles. The quantitative estimate of drug-likeness (QED) is 0.0805. The van der Waals surface area contributed by atoms with Crippen LogP contribution in [-0.4, -0.2) is 17.9 Å². The molecule has 9 rings (SSSR count). The number of thioether (sulfide) groups is 1. The van der Waals surface area contributed by atoms with Gasteiger partial charge in [0, 0.05) is 50.9 Å². The number of rotatable bonds is 13. The Kier molecular flexibility index (Phi) is 11.5. The number of nitrogens with zero attached hydrogens (tertiary/aromatic N) is 1. The number of benzene rings is 5. The first-order valence-corrected chi connectivity index (χ1v) is 22.2. The van der Waals surface area contributed by atoms with Crippen LogP contribution in [0.3, 0.4) is 0 Å². The largest absolute Gasteiger partial charge is 0.355 e. The number of hydrogen-bond acceptors (Lipinski definition) is 4. The third-order valence-corrected chi connectivity index (χ3v) is 12.9. The molecule has 0 spiro atoms. The lowest BCUT2D eigenvalue weighted by Crippen LogP contribution is -2.31. The van der Waals surface area contributed by atoms with Gasteiger partial charge in [0.25, 0.3) is 0 Å². The maximum Gasteiger partial charge on any atom is 0.0835 e. The van der Waals surface area contributed by atoms with Crippen molar-refractivity contribution in [2.75, 3.05) is 18.6 Å². The van der Waals surface area contributed by atoms with Gasteiger partial charge in [-0.05, 0) is 115 Å². The molecule has 3 aliphatic rings. The number of para-hydroxylation sites is 1. The molecular weight excluding hydrogens is 737 g/mol. The molecule has 5 aromatic carbocycles. The van der Waals surface area contributed by atoms with Crippen molar-refractivity contribution in [3.05, 3.63) is 203 Å². The van der Waals surface area contributed by atoms with Crippen molar-refractivity contribution in [3.63, 3.8) is 0 Å². The summed E-state index contributed by atoms with van der Waals surface area (Å²) in [6.07, 6.45) is 28.1. The Bertz CT molecular complexity index is 2660. The lowest BCUT2D eigenvalue weighted by atomic mass is 9.86. The van der Waals surface area contributed by atoms with Crippen LogP contribution >= 0.6 is 11.8 Å². The minimum Gasteiger partial charge on any atom is -0.355 e. The molecule has 6 aromatic rings. The zero-order chi connectivity index (χ0) is 40.1. The van der Waals surface area contributed by atoms with Crippen LogP contribution in [0.2, 0.25) is 0 Å². The summed E-state index contributed by atoms with van der Waals surface area (Å²) < 4.78 is 2.48. The van der Waals surface area contributed by atoms with Crippen molar-refractivity contribution in [3.8, 4) is 16.8 Å². The van der Waals surface area contributed by atoms with E-state index in [0.29, 0.717) is 0 Å². The van der Waals surface area contributed by atoms with Crippen molar-refractivity contribution in [1.29, 1.82) is 0 Å². The van der Waals surface area contributed by atoms with E-state index in [1.165, 1.54) is 66.0 Å². The van der Waals surface area contributed by atoms with Gasteiger partial charge in [0.15, 0.2) is 0 Å². The monoisotopic (exact) mass is 788 g/mol. The van der Waals surface area contributed by atoms with Gasteiger partial charge in [-0.3, -0.25) is 5.32 Å². The minimum atomic E-state index is 0.0670. The summed E-state index contributed by atoms with van der Waals surface area (Å²) in [5.41, 5.74) is 17.3. The van der Waals surface area contributed by atoms with Crippen LogP contribution in [0.4, 0.5) is 5.69 Å². The Hall–Kier alpha value is -5.85. The number of nitrogens with one attached hydrogen (secondary N) is 3. The van der Waals surface area contributed by atoms with Crippen LogP contribution in [0.1, 0.15) is 76.8 Å². The summed E-state index contributed by atoms with van der Waals surface area (Å²) in [6.45, 7) is 5.25. The molecule has 0 fully saturated rings. The van der Waals surface area contributed by atoms with Gasteiger partial charge < -0.3 is 15.2 Å². The topological polar surface area (TPSA) is 41.0 Å². The van der Waals surface area contributed by atoms with Gasteiger partial charge in [0.2, 0.25) is 0 Å². The molecule has 1 heterocycles. The van der Waals surface area contributed by atoms with E-state index in [1.807, 2.05) is 7.05 Å². The van der Waals surface area contributed by atoms with Crippen LogP contribution in [0.5, 0.6) is 0 Å². The second kappa shape index (κ2) is 17.6. The Morgan fingerprint density at radius 2 is 1.59 bits per heavy atom. The molecule has 2 unspecified atom stereocenters. The van der Waals surface area contributed by atoms with E-state index in [1.54, 1.807) is 11.8 Å². The summed E-state index contributed by atoms with van der Waals surface area (Å²) in [7, 11) is 2.01. The van der Waals surface area contributed by atoms with E-state index in [-0.39, 0.29) is 12.1 Å². The fraction of sp³-hybridized carbons (Fsp3) is 0.185. The summed E-state index contributed by atoms with van der Waals surface area (Å²) in [4.78, 5) is 1.23. The molecule has 4 nitrogen and oxygen atoms in total. The maximum atomic E-state index is 4.44. The van der Waals surface area contributed by atoms with Gasteiger partial charge in [-0.1, -0.05) is 140 Å².